The van der Waals surface area contributed by atoms with E-state index >= 15 is 0 Å². The summed E-state index contributed by atoms with van der Waals surface area (Å²) in [5.74, 6) is -2.03. The summed E-state index contributed by atoms with van der Waals surface area (Å²) in [6.07, 6.45) is 0.331. The molecule has 88 valence electrons. The summed E-state index contributed by atoms with van der Waals surface area (Å²) >= 11 is 5.73. The molecule has 5 nitrogen and oxygen atoms in total. The average molecular weight is 253 g/mol. The standard InChI is InChI=1S/C11H8ClNO4/c12-8-5-6(1-2-7(8)11(16)17)13-9(14)3-4-10(13)15/h1-2,5H,3-4H2,(H,16,17)/p-1. The maximum Gasteiger partial charge on any atom is 0.234 e. The summed E-state index contributed by atoms with van der Waals surface area (Å²) in [6.45, 7) is 0. The van der Waals surface area contributed by atoms with Gasteiger partial charge in [-0.2, -0.15) is 0 Å². The lowest BCUT2D eigenvalue weighted by Crippen LogP contribution is -2.29. The molecular weight excluding hydrogens is 246 g/mol. The van der Waals surface area contributed by atoms with E-state index in [1.165, 1.54) is 18.2 Å². The summed E-state index contributed by atoms with van der Waals surface area (Å²) < 4.78 is 0. The van der Waals surface area contributed by atoms with Crippen molar-refractivity contribution in [3.8, 4) is 0 Å². The summed E-state index contributed by atoms with van der Waals surface area (Å²) in [5, 5.41) is 10.6. The van der Waals surface area contributed by atoms with Gasteiger partial charge in [0.1, 0.15) is 0 Å². The van der Waals surface area contributed by atoms with Gasteiger partial charge in [-0.05, 0) is 18.2 Å². The van der Waals surface area contributed by atoms with E-state index in [0.29, 0.717) is 0 Å². The van der Waals surface area contributed by atoms with Crippen molar-refractivity contribution in [1.29, 1.82) is 0 Å². The van der Waals surface area contributed by atoms with Gasteiger partial charge < -0.3 is 9.90 Å². The number of carboxylic acids is 1. The Morgan fingerprint density at radius 2 is 1.82 bits per heavy atom. The second-order valence-electron chi connectivity index (χ2n) is 3.57. The molecule has 2 amide bonds. The van der Waals surface area contributed by atoms with Crippen LogP contribution in [0.1, 0.15) is 23.2 Å². The van der Waals surface area contributed by atoms with Gasteiger partial charge in [0, 0.05) is 18.4 Å². The first-order valence-corrected chi connectivity index (χ1v) is 5.25. The van der Waals surface area contributed by atoms with Crippen LogP contribution in [0.3, 0.4) is 0 Å². The van der Waals surface area contributed by atoms with E-state index in [2.05, 4.69) is 0 Å². The van der Waals surface area contributed by atoms with E-state index in [-0.39, 0.29) is 40.9 Å². The molecule has 0 unspecified atom stereocenters. The third-order valence-electron chi connectivity index (χ3n) is 2.48. The summed E-state index contributed by atoms with van der Waals surface area (Å²) in [6, 6.07) is 3.85. The maximum atomic E-state index is 11.4. The second kappa shape index (κ2) is 4.18. The second-order valence-corrected chi connectivity index (χ2v) is 3.98. The van der Waals surface area contributed by atoms with E-state index in [9.17, 15) is 19.5 Å². The van der Waals surface area contributed by atoms with Crippen LogP contribution in [0.5, 0.6) is 0 Å². The van der Waals surface area contributed by atoms with Crippen LogP contribution in [0.2, 0.25) is 5.02 Å². The minimum absolute atomic E-state index is 0.0602. The number of aromatic carboxylic acids is 1. The molecule has 6 heteroatoms. The zero-order valence-corrected chi connectivity index (χ0v) is 9.36. The van der Waals surface area contributed by atoms with E-state index < -0.39 is 5.97 Å². The lowest BCUT2D eigenvalue weighted by atomic mass is 10.2. The molecule has 2 rings (SSSR count). The number of carboxylic acid groups (broad SMARTS) is 1. The van der Waals surface area contributed by atoms with Gasteiger partial charge in [0.25, 0.3) is 0 Å². The summed E-state index contributed by atoms with van der Waals surface area (Å²) in [5.41, 5.74) is 0.113. The maximum absolute atomic E-state index is 11.4. The Kier molecular flexibility index (Phi) is 2.85. The van der Waals surface area contributed by atoms with E-state index in [4.69, 9.17) is 11.6 Å². The van der Waals surface area contributed by atoms with Gasteiger partial charge in [-0.1, -0.05) is 11.6 Å². The highest BCUT2D eigenvalue weighted by Gasteiger charge is 2.30. The number of imide groups is 1. The van der Waals surface area contributed by atoms with Gasteiger partial charge in [0.15, 0.2) is 0 Å². The first-order valence-electron chi connectivity index (χ1n) is 4.87. The number of halogens is 1. The fraction of sp³-hybridized carbons (Fsp3) is 0.182. The number of carbonyl (C=O) groups excluding carboxylic acids is 3. The monoisotopic (exact) mass is 252 g/mol. The zero-order valence-electron chi connectivity index (χ0n) is 8.60. The first-order chi connectivity index (χ1) is 8.00. The Hall–Kier alpha value is -1.88. The highest BCUT2D eigenvalue weighted by molar-refractivity contribution is 6.34. The normalized spacial score (nSPS) is 15.5. The smallest absolute Gasteiger partial charge is 0.234 e. The van der Waals surface area contributed by atoms with Gasteiger partial charge in [-0.3, -0.25) is 14.5 Å². The first kappa shape index (κ1) is 11.6. The third kappa shape index (κ3) is 2.01. The molecule has 0 atom stereocenters. The fourth-order valence-corrected chi connectivity index (χ4v) is 1.93. The molecule has 0 spiro atoms. The molecule has 1 saturated heterocycles. The topological polar surface area (TPSA) is 77.5 Å². The van der Waals surface area contributed by atoms with Crippen LogP contribution in [-0.2, 0) is 9.59 Å². The van der Waals surface area contributed by atoms with Crippen molar-refractivity contribution in [3.63, 3.8) is 0 Å². The van der Waals surface area contributed by atoms with Crippen LogP contribution in [0, 0.1) is 0 Å². The highest BCUT2D eigenvalue weighted by Crippen LogP contribution is 2.27. The number of rotatable bonds is 2. The van der Waals surface area contributed by atoms with Crippen molar-refractivity contribution in [2.45, 2.75) is 12.8 Å². The molecule has 0 saturated carbocycles. The number of anilines is 1. The molecule has 1 fully saturated rings. The predicted octanol–water partition coefficient (Wildman–Crippen LogP) is 0.357. The number of hydrogen-bond acceptors (Lipinski definition) is 4. The van der Waals surface area contributed by atoms with Gasteiger partial charge in [-0.15, -0.1) is 0 Å². The van der Waals surface area contributed by atoms with Gasteiger partial charge in [0.2, 0.25) is 11.8 Å². The number of amides is 2. The molecule has 0 aliphatic carbocycles. The van der Waals surface area contributed by atoms with Crippen LogP contribution >= 0.6 is 11.6 Å². The minimum Gasteiger partial charge on any atom is -0.545 e. The van der Waals surface area contributed by atoms with Crippen molar-refractivity contribution in [2.24, 2.45) is 0 Å². The Morgan fingerprint density at radius 3 is 2.29 bits per heavy atom. The van der Waals surface area contributed by atoms with Crippen molar-refractivity contribution in [3.05, 3.63) is 28.8 Å². The lowest BCUT2D eigenvalue weighted by molar-refractivity contribution is -0.255. The van der Waals surface area contributed by atoms with Crippen molar-refractivity contribution in [2.75, 3.05) is 4.90 Å². The van der Waals surface area contributed by atoms with Crippen molar-refractivity contribution in [1.82, 2.24) is 0 Å². The summed E-state index contributed by atoms with van der Waals surface area (Å²) in [7, 11) is 0. The Morgan fingerprint density at radius 1 is 1.24 bits per heavy atom. The Balaban J connectivity index is 2.41. The molecule has 1 aromatic carbocycles. The third-order valence-corrected chi connectivity index (χ3v) is 2.80. The predicted molar refractivity (Wildman–Crippen MR) is 57.5 cm³/mol. The van der Waals surface area contributed by atoms with Crippen LogP contribution in [-0.4, -0.2) is 17.8 Å². The number of carbonyl (C=O) groups is 3. The van der Waals surface area contributed by atoms with Crippen LogP contribution in [0.15, 0.2) is 18.2 Å². The molecule has 1 aromatic rings. The number of benzene rings is 1. The van der Waals surface area contributed by atoms with Crippen LogP contribution < -0.4 is 10.0 Å². The molecule has 0 radical (unpaired) electrons. The van der Waals surface area contributed by atoms with Crippen molar-refractivity contribution < 1.29 is 19.5 Å². The molecule has 17 heavy (non-hydrogen) atoms. The molecule has 0 aromatic heterocycles. The van der Waals surface area contributed by atoms with Gasteiger partial charge in [-0.25, -0.2) is 0 Å². The van der Waals surface area contributed by atoms with E-state index in [0.717, 1.165) is 4.90 Å². The molecular formula is C11H7ClNO4-. The van der Waals surface area contributed by atoms with Crippen molar-refractivity contribution >= 4 is 35.1 Å². The summed E-state index contributed by atoms with van der Waals surface area (Å²) in [4.78, 5) is 34.5. The Labute approximate surface area is 102 Å². The van der Waals surface area contributed by atoms with Gasteiger partial charge in [0.05, 0.1) is 16.7 Å². The average Bonchev–Trinajstić information content (AvgIpc) is 2.58. The van der Waals surface area contributed by atoms with E-state index in [1.54, 1.807) is 0 Å². The molecule has 1 aliphatic heterocycles. The van der Waals surface area contributed by atoms with E-state index in [1.807, 2.05) is 0 Å². The van der Waals surface area contributed by atoms with Crippen LogP contribution in [0.25, 0.3) is 0 Å². The number of hydrogen-bond donors (Lipinski definition) is 0. The quantitative estimate of drug-likeness (QED) is 0.712. The molecule has 1 heterocycles. The lowest BCUT2D eigenvalue weighted by Gasteiger charge is -2.15. The molecule has 0 bridgehead atoms. The zero-order chi connectivity index (χ0) is 12.6. The highest BCUT2D eigenvalue weighted by atomic mass is 35.5. The largest absolute Gasteiger partial charge is 0.545 e. The minimum atomic E-state index is -1.40. The molecule has 0 N–H and O–H groups in total. The van der Waals surface area contributed by atoms with Gasteiger partial charge >= 0.3 is 0 Å². The Bertz CT molecular complexity index is 510. The fourth-order valence-electron chi connectivity index (χ4n) is 1.67. The molecule has 1 aliphatic rings. The SMILES string of the molecule is O=C([O-])c1ccc(N2C(=O)CCC2=O)cc1Cl. The van der Waals surface area contributed by atoms with Crippen LogP contribution in [0.4, 0.5) is 5.69 Å². The number of nitrogens with zero attached hydrogens (tertiary/aromatic N) is 1.